The van der Waals surface area contributed by atoms with Crippen LogP contribution in [0.1, 0.15) is 5.56 Å². The van der Waals surface area contributed by atoms with Gasteiger partial charge in [-0.1, -0.05) is 35.9 Å². The first-order valence-corrected chi connectivity index (χ1v) is 7.99. The number of nitrogens with zero attached hydrogens (tertiary/aromatic N) is 1. The van der Waals surface area contributed by atoms with Crippen LogP contribution in [0.5, 0.6) is 0 Å². The number of nitrogens with one attached hydrogen (secondary N) is 2. The Labute approximate surface area is 150 Å². The van der Waals surface area contributed by atoms with E-state index in [4.69, 9.17) is 28.2 Å². The van der Waals surface area contributed by atoms with Crippen LogP contribution in [0.15, 0.2) is 76.4 Å². The molecule has 3 rings (SSSR count). The minimum atomic E-state index is 0.393. The van der Waals surface area contributed by atoms with Crippen LogP contribution < -0.4 is 10.7 Å². The maximum Gasteiger partial charge on any atom is 0.191 e. The molecule has 0 aliphatic heterocycles. The molecular weight excluding hydrogens is 342 g/mol. The summed E-state index contributed by atoms with van der Waals surface area (Å²) in [7, 11) is 0. The zero-order chi connectivity index (χ0) is 16.8. The van der Waals surface area contributed by atoms with Crippen molar-refractivity contribution in [3.63, 3.8) is 0 Å². The lowest BCUT2D eigenvalue weighted by Crippen LogP contribution is -2.23. The summed E-state index contributed by atoms with van der Waals surface area (Å²) in [4.78, 5) is 0. The summed E-state index contributed by atoms with van der Waals surface area (Å²) in [5.41, 5.74) is 5.52. The summed E-state index contributed by atoms with van der Waals surface area (Å²) >= 11 is 11.1. The first-order chi connectivity index (χ1) is 11.7. The summed E-state index contributed by atoms with van der Waals surface area (Å²) in [6.45, 7) is 0. The van der Waals surface area contributed by atoms with Crippen molar-refractivity contribution in [3.05, 3.63) is 77.5 Å². The molecule has 0 saturated heterocycles. The van der Waals surface area contributed by atoms with Crippen LogP contribution in [0.3, 0.4) is 0 Å². The van der Waals surface area contributed by atoms with Gasteiger partial charge in [-0.2, -0.15) is 5.10 Å². The normalized spacial score (nSPS) is 10.7. The van der Waals surface area contributed by atoms with Crippen molar-refractivity contribution in [3.8, 4) is 11.3 Å². The smallest absolute Gasteiger partial charge is 0.191 e. The number of anilines is 1. The number of thiocarbonyl (C=S) groups is 1. The molecule has 0 saturated carbocycles. The maximum absolute atomic E-state index is 5.85. The molecule has 0 fully saturated rings. The van der Waals surface area contributed by atoms with Gasteiger partial charge < -0.3 is 9.73 Å². The van der Waals surface area contributed by atoms with Crippen LogP contribution in [0.4, 0.5) is 5.69 Å². The third-order valence-corrected chi connectivity index (χ3v) is 3.66. The number of hydrogen-bond acceptors (Lipinski definition) is 3. The van der Waals surface area contributed by atoms with Crippen molar-refractivity contribution in [2.24, 2.45) is 5.10 Å². The van der Waals surface area contributed by atoms with Gasteiger partial charge >= 0.3 is 0 Å². The molecule has 3 aromatic rings. The van der Waals surface area contributed by atoms with Crippen LogP contribution in [-0.4, -0.2) is 11.3 Å². The van der Waals surface area contributed by atoms with Crippen LogP contribution in [-0.2, 0) is 0 Å². The molecule has 2 aromatic carbocycles. The van der Waals surface area contributed by atoms with E-state index in [9.17, 15) is 0 Å². The Kier molecular flexibility index (Phi) is 5.25. The number of furan rings is 1. The van der Waals surface area contributed by atoms with E-state index < -0.39 is 0 Å². The fraction of sp³-hybridized carbons (Fsp3) is 0. The van der Waals surface area contributed by atoms with Gasteiger partial charge in [-0.05, 0) is 48.6 Å². The summed E-state index contributed by atoms with van der Waals surface area (Å²) in [6.07, 6.45) is 3.35. The molecule has 0 atom stereocenters. The lowest BCUT2D eigenvalue weighted by atomic mass is 10.1. The molecule has 0 radical (unpaired) electrons. The zero-order valence-electron chi connectivity index (χ0n) is 12.6. The average molecular weight is 356 g/mol. The predicted octanol–water partition coefficient (Wildman–Crippen LogP) is 4.92. The molecule has 2 N–H and O–H groups in total. The highest BCUT2D eigenvalue weighted by Crippen LogP contribution is 2.22. The number of hydrazone groups is 1. The minimum absolute atomic E-state index is 0.393. The van der Waals surface area contributed by atoms with Gasteiger partial charge in [-0.25, -0.2) is 0 Å². The second-order valence-corrected chi connectivity index (χ2v) is 5.74. The molecule has 1 aromatic heterocycles. The van der Waals surface area contributed by atoms with Crippen molar-refractivity contribution < 1.29 is 4.42 Å². The zero-order valence-corrected chi connectivity index (χ0v) is 14.1. The van der Waals surface area contributed by atoms with E-state index in [1.807, 2.05) is 48.5 Å². The van der Waals surface area contributed by atoms with Gasteiger partial charge in [0.15, 0.2) is 5.11 Å². The van der Waals surface area contributed by atoms with Crippen molar-refractivity contribution in [1.29, 1.82) is 0 Å². The first kappa shape index (κ1) is 16.2. The van der Waals surface area contributed by atoms with Gasteiger partial charge in [0.2, 0.25) is 0 Å². The van der Waals surface area contributed by atoms with Gasteiger partial charge in [0.25, 0.3) is 0 Å². The van der Waals surface area contributed by atoms with E-state index in [0.29, 0.717) is 10.1 Å². The van der Waals surface area contributed by atoms with Gasteiger partial charge in [0, 0.05) is 21.8 Å². The molecule has 0 amide bonds. The predicted molar refractivity (Wildman–Crippen MR) is 103 cm³/mol. The highest BCUT2D eigenvalue weighted by atomic mass is 35.5. The fourth-order valence-electron chi connectivity index (χ4n) is 2.12. The Hall–Kier alpha value is -2.63. The monoisotopic (exact) mass is 355 g/mol. The molecule has 4 nitrogen and oxygen atoms in total. The number of benzene rings is 2. The Balaban J connectivity index is 1.64. The number of hydrogen-bond donors (Lipinski definition) is 2. The summed E-state index contributed by atoms with van der Waals surface area (Å²) < 4.78 is 5.45. The van der Waals surface area contributed by atoms with E-state index >= 15 is 0 Å². The standard InChI is InChI=1S/C18H14ClN3OS/c19-14-7-9-15(10-8-14)21-18(24)22-20-12-13-4-1-2-5-16(13)17-6-3-11-23-17/h1-12H,(H2,21,22,24)/b20-12+. The molecule has 6 heteroatoms. The molecule has 0 unspecified atom stereocenters. The number of halogens is 1. The fourth-order valence-corrected chi connectivity index (χ4v) is 2.42. The number of rotatable bonds is 4. The Morgan fingerprint density at radius 3 is 2.58 bits per heavy atom. The highest BCUT2D eigenvalue weighted by molar-refractivity contribution is 7.80. The maximum atomic E-state index is 5.85. The van der Waals surface area contributed by atoms with E-state index in [2.05, 4.69) is 15.8 Å². The molecule has 0 aliphatic carbocycles. The average Bonchev–Trinajstić information content (AvgIpc) is 3.12. The second kappa shape index (κ2) is 7.77. The van der Waals surface area contributed by atoms with Crippen LogP contribution >= 0.6 is 23.8 Å². The second-order valence-electron chi connectivity index (χ2n) is 4.90. The van der Waals surface area contributed by atoms with Gasteiger partial charge in [0.05, 0.1) is 12.5 Å². The Bertz CT molecular complexity index is 845. The summed E-state index contributed by atoms with van der Waals surface area (Å²) in [6, 6.07) is 18.8. The van der Waals surface area contributed by atoms with Crippen molar-refractivity contribution in [2.75, 3.05) is 5.32 Å². The van der Waals surface area contributed by atoms with E-state index in [1.54, 1.807) is 24.6 Å². The Morgan fingerprint density at radius 2 is 1.83 bits per heavy atom. The van der Waals surface area contributed by atoms with Crippen molar-refractivity contribution >= 4 is 40.8 Å². The largest absolute Gasteiger partial charge is 0.464 e. The first-order valence-electron chi connectivity index (χ1n) is 7.21. The van der Waals surface area contributed by atoms with Gasteiger partial charge in [0.1, 0.15) is 5.76 Å². The molecule has 120 valence electrons. The molecule has 0 bridgehead atoms. The van der Waals surface area contributed by atoms with Gasteiger partial charge in [-0.15, -0.1) is 0 Å². The molecular formula is C18H14ClN3OS. The highest BCUT2D eigenvalue weighted by Gasteiger charge is 2.04. The topological polar surface area (TPSA) is 49.6 Å². The Morgan fingerprint density at radius 1 is 1.04 bits per heavy atom. The van der Waals surface area contributed by atoms with Gasteiger partial charge in [-0.3, -0.25) is 5.43 Å². The SMILES string of the molecule is S=C(N/N=C/c1ccccc1-c1ccco1)Nc1ccc(Cl)cc1. The molecule has 1 heterocycles. The molecule has 0 aliphatic rings. The summed E-state index contributed by atoms with van der Waals surface area (Å²) in [5.74, 6) is 0.791. The van der Waals surface area contributed by atoms with Crippen LogP contribution in [0.2, 0.25) is 5.02 Å². The lowest BCUT2D eigenvalue weighted by Gasteiger charge is -2.07. The lowest BCUT2D eigenvalue weighted by molar-refractivity contribution is 0.582. The quantitative estimate of drug-likeness (QED) is 0.396. The van der Waals surface area contributed by atoms with Crippen molar-refractivity contribution in [2.45, 2.75) is 0 Å². The van der Waals surface area contributed by atoms with Crippen LogP contribution in [0, 0.1) is 0 Å². The third kappa shape index (κ3) is 4.22. The third-order valence-electron chi connectivity index (χ3n) is 3.22. The molecule has 0 spiro atoms. The van der Waals surface area contributed by atoms with Crippen LogP contribution in [0.25, 0.3) is 11.3 Å². The van der Waals surface area contributed by atoms with E-state index in [-0.39, 0.29) is 0 Å². The molecule has 24 heavy (non-hydrogen) atoms. The van der Waals surface area contributed by atoms with Crippen molar-refractivity contribution in [1.82, 2.24) is 5.43 Å². The summed E-state index contributed by atoms with van der Waals surface area (Å²) in [5, 5.41) is 8.27. The van der Waals surface area contributed by atoms with E-state index in [0.717, 1.165) is 22.6 Å². The minimum Gasteiger partial charge on any atom is -0.464 e. The van der Waals surface area contributed by atoms with E-state index in [1.165, 1.54) is 0 Å².